The number of Topliss-reactive ketones (excluding diaryl/α,β-unsaturated/α-hetero) is 2. The molecule has 0 spiro atoms. The van der Waals surface area contributed by atoms with Crippen molar-refractivity contribution < 1.29 is 14.3 Å². The standard InChI is InChI=1S/C14H13NO3/c1-15-5-4-9-6-11(2-3-12(9)15)18-14-8-10(16)7-13(14)17/h2-6,14H,7-8H2,1H3. The SMILES string of the molecule is Cn1ccc2cc(OC3CC(=O)CC3=O)ccc21. The summed E-state index contributed by atoms with van der Waals surface area (Å²) in [6.45, 7) is 0. The summed E-state index contributed by atoms with van der Waals surface area (Å²) in [7, 11) is 1.97. The van der Waals surface area contributed by atoms with E-state index in [1.54, 1.807) is 0 Å². The molecule has 92 valence electrons. The molecule has 0 bridgehead atoms. The predicted molar refractivity (Wildman–Crippen MR) is 66.6 cm³/mol. The van der Waals surface area contributed by atoms with Gasteiger partial charge in [-0.2, -0.15) is 0 Å². The maximum atomic E-state index is 11.5. The molecular weight excluding hydrogens is 230 g/mol. The van der Waals surface area contributed by atoms with Crippen molar-refractivity contribution in [2.45, 2.75) is 18.9 Å². The van der Waals surface area contributed by atoms with Gasteiger partial charge in [0.05, 0.1) is 12.8 Å². The molecular formula is C14H13NO3. The van der Waals surface area contributed by atoms with Crippen molar-refractivity contribution in [1.82, 2.24) is 4.57 Å². The Morgan fingerprint density at radius 2 is 2.11 bits per heavy atom. The molecule has 1 fully saturated rings. The molecule has 0 saturated heterocycles. The van der Waals surface area contributed by atoms with E-state index in [1.807, 2.05) is 42.1 Å². The zero-order chi connectivity index (χ0) is 12.7. The van der Waals surface area contributed by atoms with Gasteiger partial charge in [0, 0.05) is 24.1 Å². The van der Waals surface area contributed by atoms with Crippen LogP contribution in [0, 0.1) is 0 Å². The van der Waals surface area contributed by atoms with Gasteiger partial charge in [0.1, 0.15) is 11.5 Å². The Morgan fingerprint density at radius 3 is 2.83 bits per heavy atom. The van der Waals surface area contributed by atoms with Crippen LogP contribution in [0.5, 0.6) is 5.75 Å². The van der Waals surface area contributed by atoms with Gasteiger partial charge in [-0.1, -0.05) is 0 Å². The summed E-state index contributed by atoms with van der Waals surface area (Å²) in [5.41, 5.74) is 1.11. The van der Waals surface area contributed by atoms with Crippen LogP contribution in [0.4, 0.5) is 0 Å². The zero-order valence-corrected chi connectivity index (χ0v) is 10.1. The maximum Gasteiger partial charge on any atom is 0.181 e. The summed E-state index contributed by atoms with van der Waals surface area (Å²) in [6.07, 6.45) is 1.58. The molecule has 4 heteroatoms. The first kappa shape index (κ1) is 11.0. The van der Waals surface area contributed by atoms with E-state index in [4.69, 9.17) is 4.74 Å². The zero-order valence-electron chi connectivity index (χ0n) is 10.1. The van der Waals surface area contributed by atoms with Gasteiger partial charge in [-0.3, -0.25) is 9.59 Å². The molecule has 1 saturated carbocycles. The summed E-state index contributed by atoms with van der Waals surface area (Å²) in [4.78, 5) is 22.7. The number of ketones is 2. The summed E-state index contributed by atoms with van der Waals surface area (Å²) >= 11 is 0. The van der Waals surface area contributed by atoms with Crippen LogP contribution in [0.3, 0.4) is 0 Å². The average Bonchev–Trinajstić information content (AvgIpc) is 2.84. The maximum absolute atomic E-state index is 11.5. The number of nitrogens with zero attached hydrogens (tertiary/aromatic N) is 1. The molecule has 1 aliphatic carbocycles. The molecule has 0 amide bonds. The summed E-state index contributed by atoms with van der Waals surface area (Å²) in [6, 6.07) is 7.67. The van der Waals surface area contributed by atoms with E-state index in [9.17, 15) is 9.59 Å². The average molecular weight is 243 g/mol. The van der Waals surface area contributed by atoms with Crippen LogP contribution >= 0.6 is 0 Å². The van der Waals surface area contributed by atoms with Crippen LogP contribution in [0.1, 0.15) is 12.8 Å². The van der Waals surface area contributed by atoms with Crippen LogP contribution in [-0.2, 0) is 16.6 Å². The van der Waals surface area contributed by atoms with Crippen LogP contribution in [0.25, 0.3) is 10.9 Å². The third-order valence-corrected chi connectivity index (χ3v) is 3.28. The number of carbonyl (C=O) groups excluding carboxylic acids is 2. The highest BCUT2D eigenvalue weighted by Gasteiger charge is 2.32. The van der Waals surface area contributed by atoms with Gasteiger partial charge >= 0.3 is 0 Å². The third-order valence-electron chi connectivity index (χ3n) is 3.28. The van der Waals surface area contributed by atoms with E-state index in [0.29, 0.717) is 5.75 Å². The predicted octanol–water partition coefficient (Wildman–Crippen LogP) is 1.86. The molecule has 1 aromatic heterocycles. The van der Waals surface area contributed by atoms with Crippen molar-refractivity contribution in [3.8, 4) is 5.75 Å². The topological polar surface area (TPSA) is 48.3 Å². The minimum absolute atomic E-state index is 0.0122. The molecule has 4 nitrogen and oxygen atoms in total. The molecule has 1 heterocycles. The Hall–Kier alpha value is -2.10. The molecule has 3 rings (SSSR count). The van der Waals surface area contributed by atoms with Gasteiger partial charge in [0.25, 0.3) is 0 Å². The number of rotatable bonds is 2. The first-order valence-corrected chi connectivity index (χ1v) is 5.89. The first-order valence-electron chi connectivity index (χ1n) is 5.89. The molecule has 2 aromatic rings. The van der Waals surface area contributed by atoms with Gasteiger partial charge in [-0.05, 0) is 24.3 Å². The lowest BCUT2D eigenvalue weighted by molar-refractivity contribution is -0.124. The van der Waals surface area contributed by atoms with Crippen molar-refractivity contribution >= 4 is 22.5 Å². The largest absolute Gasteiger partial charge is 0.482 e. The van der Waals surface area contributed by atoms with E-state index in [1.165, 1.54) is 0 Å². The van der Waals surface area contributed by atoms with Gasteiger partial charge in [0.2, 0.25) is 0 Å². The number of aromatic nitrogens is 1. The van der Waals surface area contributed by atoms with Crippen molar-refractivity contribution in [2.24, 2.45) is 7.05 Å². The highest BCUT2D eigenvalue weighted by atomic mass is 16.5. The number of carbonyl (C=O) groups is 2. The Balaban J connectivity index is 1.87. The Bertz CT molecular complexity index is 642. The second kappa shape index (κ2) is 3.98. The van der Waals surface area contributed by atoms with Gasteiger partial charge < -0.3 is 9.30 Å². The van der Waals surface area contributed by atoms with Crippen molar-refractivity contribution in [2.75, 3.05) is 0 Å². The monoisotopic (exact) mass is 243 g/mol. The number of hydrogen-bond acceptors (Lipinski definition) is 3. The molecule has 1 aliphatic rings. The van der Waals surface area contributed by atoms with Crippen LogP contribution in [-0.4, -0.2) is 22.2 Å². The van der Waals surface area contributed by atoms with E-state index in [2.05, 4.69) is 0 Å². The summed E-state index contributed by atoms with van der Waals surface area (Å²) in [5.74, 6) is 0.487. The van der Waals surface area contributed by atoms with E-state index < -0.39 is 6.10 Å². The van der Waals surface area contributed by atoms with Crippen LogP contribution in [0.2, 0.25) is 0 Å². The highest BCUT2D eigenvalue weighted by molar-refractivity contribution is 6.08. The minimum Gasteiger partial charge on any atom is -0.482 e. The van der Waals surface area contributed by atoms with Crippen molar-refractivity contribution in [1.29, 1.82) is 0 Å². The molecule has 1 aromatic carbocycles. The molecule has 1 unspecified atom stereocenters. The fourth-order valence-corrected chi connectivity index (χ4v) is 2.31. The van der Waals surface area contributed by atoms with Gasteiger partial charge in [0.15, 0.2) is 11.9 Å². The number of hydrogen-bond donors (Lipinski definition) is 0. The second-order valence-electron chi connectivity index (χ2n) is 4.64. The van der Waals surface area contributed by atoms with E-state index in [-0.39, 0.29) is 24.4 Å². The first-order chi connectivity index (χ1) is 8.63. The summed E-state index contributed by atoms with van der Waals surface area (Å²) in [5, 5.41) is 1.06. The Kier molecular flexibility index (Phi) is 2.44. The minimum atomic E-state index is -0.598. The fraction of sp³-hybridized carbons (Fsp3) is 0.286. The molecule has 1 atom stereocenters. The Morgan fingerprint density at radius 1 is 1.28 bits per heavy atom. The van der Waals surface area contributed by atoms with Crippen LogP contribution < -0.4 is 4.74 Å². The lowest BCUT2D eigenvalue weighted by Gasteiger charge is -2.11. The van der Waals surface area contributed by atoms with E-state index in [0.717, 1.165) is 10.9 Å². The lowest BCUT2D eigenvalue weighted by atomic mass is 10.2. The number of fused-ring (bicyclic) bond motifs is 1. The second-order valence-corrected chi connectivity index (χ2v) is 4.64. The van der Waals surface area contributed by atoms with Crippen molar-refractivity contribution in [3.63, 3.8) is 0 Å². The normalized spacial score (nSPS) is 19.7. The van der Waals surface area contributed by atoms with Crippen molar-refractivity contribution in [3.05, 3.63) is 30.5 Å². The van der Waals surface area contributed by atoms with E-state index >= 15 is 0 Å². The summed E-state index contributed by atoms with van der Waals surface area (Å²) < 4.78 is 7.61. The molecule has 18 heavy (non-hydrogen) atoms. The number of benzene rings is 1. The highest BCUT2D eigenvalue weighted by Crippen LogP contribution is 2.24. The lowest BCUT2D eigenvalue weighted by Crippen LogP contribution is -2.20. The fourth-order valence-electron chi connectivity index (χ4n) is 2.31. The molecule has 0 N–H and O–H groups in total. The number of ether oxygens (including phenoxy) is 1. The number of aryl methyl sites for hydroxylation is 1. The third kappa shape index (κ3) is 1.79. The Labute approximate surface area is 104 Å². The van der Waals surface area contributed by atoms with Crippen LogP contribution in [0.15, 0.2) is 30.5 Å². The van der Waals surface area contributed by atoms with Gasteiger partial charge in [-0.25, -0.2) is 0 Å². The smallest absolute Gasteiger partial charge is 0.181 e. The van der Waals surface area contributed by atoms with Gasteiger partial charge in [-0.15, -0.1) is 0 Å². The molecule has 0 aliphatic heterocycles. The quantitative estimate of drug-likeness (QED) is 0.756. The molecule has 0 radical (unpaired) electrons.